The van der Waals surface area contributed by atoms with Crippen molar-refractivity contribution >= 4 is 11.6 Å². The van der Waals surface area contributed by atoms with Gasteiger partial charge in [-0.15, -0.1) is 11.6 Å². The molecule has 1 nitrogen and oxygen atoms in total. The molecule has 2 fully saturated rings. The van der Waals surface area contributed by atoms with E-state index in [1.807, 2.05) is 0 Å². The number of piperidine rings is 1. The first kappa shape index (κ1) is 11.7. The third-order valence-corrected chi connectivity index (χ3v) is 4.45. The number of unbranched alkanes of at least 4 members (excludes halogenated alkanes) is 1. The SMILES string of the molecule is ClCCCCN1CCCC2CCCCC21. The van der Waals surface area contributed by atoms with Gasteiger partial charge in [-0.1, -0.05) is 12.8 Å². The molecule has 0 aromatic heterocycles. The molecule has 2 atom stereocenters. The van der Waals surface area contributed by atoms with Crippen LogP contribution in [0.2, 0.25) is 0 Å². The first-order valence-corrected chi connectivity index (χ1v) is 7.25. The summed E-state index contributed by atoms with van der Waals surface area (Å²) in [6.07, 6.45) is 11.3. The summed E-state index contributed by atoms with van der Waals surface area (Å²) >= 11 is 5.74. The molecule has 2 rings (SSSR count). The summed E-state index contributed by atoms with van der Waals surface area (Å²) in [5, 5.41) is 0. The molecule has 1 aliphatic carbocycles. The molecule has 1 aliphatic heterocycles. The van der Waals surface area contributed by atoms with Crippen LogP contribution in [0.3, 0.4) is 0 Å². The van der Waals surface area contributed by atoms with Crippen molar-refractivity contribution in [2.45, 2.75) is 57.4 Å². The molecule has 0 spiro atoms. The minimum absolute atomic E-state index is 0.835. The van der Waals surface area contributed by atoms with Crippen molar-refractivity contribution in [3.8, 4) is 0 Å². The quantitative estimate of drug-likeness (QED) is 0.525. The normalized spacial score (nSPS) is 32.6. The zero-order chi connectivity index (χ0) is 10.5. The van der Waals surface area contributed by atoms with Crippen LogP contribution in [0.25, 0.3) is 0 Å². The van der Waals surface area contributed by atoms with Gasteiger partial charge in [-0.05, 0) is 57.5 Å². The molecule has 1 heterocycles. The molecule has 2 unspecified atom stereocenters. The summed E-state index contributed by atoms with van der Waals surface area (Å²) in [6.45, 7) is 2.65. The number of nitrogens with zero attached hydrogens (tertiary/aromatic N) is 1. The van der Waals surface area contributed by atoms with Crippen LogP contribution in [0.4, 0.5) is 0 Å². The van der Waals surface area contributed by atoms with Crippen LogP contribution in [0.15, 0.2) is 0 Å². The largest absolute Gasteiger partial charge is 0.300 e. The lowest BCUT2D eigenvalue weighted by Crippen LogP contribution is -2.47. The van der Waals surface area contributed by atoms with Gasteiger partial charge in [-0.3, -0.25) is 0 Å². The highest BCUT2D eigenvalue weighted by Gasteiger charge is 2.32. The van der Waals surface area contributed by atoms with Gasteiger partial charge in [0.25, 0.3) is 0 Å². The number of likely N-dealkylation sites (tertiary alicyclic amines) is 1. The maximum Gasteiger partial charge on any atom is 0.0223 e. The van der Waals surface area contributed by atoms with Crippen molar-refractivity contribution in [3.05, 3.63) is 0 Å². The van der Waals surface area contributed by atoms with Crippen LogP contribution in [0.1, 0.15) is 51.4 Å². The highest BCUT2D eigenvalue weighted by atomic mass is 35.5. The Morgan fingerprint density at radius 1 is 1.00 bits per heavy atom. The summed E-state index contributed by atoms with van der Waals surface area (Å²) in [5.74, 6) is 1.87. The van der Waals surface area contributed by atoms with Gasteiger partial charge in [0, 0.05) is 11.9 Å². The lowest BCUT2D eigenvalue weighted by atomic mass is 9.78. The second-order valence-corrected chi connectivity index (χ2v) is 5.56. The van der Waals surface area contributed by atoms with E-state index in [4.69, 9.17) is 11.6 Å². The van der Waals surface area contributed by atoms with E-state index >= 15 is 0 Å². The molecule has 0 radical (unpaired) electrons. The molecule has 1 saturated heterocycles. The zero-order valence-corrected chi connectivity index (χ0v) is 10.5. The predicted octanol–water partition coefficient (Wildman–Crippen LogP) is 3.66. The summed E-state index contributed by atoms with van der Waals surface area (Å²) in [7, 11) is 0. The number of halogens is 1. The molecule has 0 aromatic carbocycles. The molecule has 0 bridgehead atoms. The van der Waals surface area contributed by atoms with Crippen molar-refractivity contribution in [1.29, 1.82) is 0 Å². The van der Waals surface area contributed by atoms with E-state index in [2.05, 4.69) is 4.90 Å². The standard InChI is InChI=1S/C13H24ClN/c14-9-3-4-10-15-11-5-7-12-6-1-2-8-13(12)15/h12-13H,1-11H2. The summed E-state index contributed by atoms with van der Waals surface area (Å²) in [4.78, 5) is 2.76. The van der Waals surface area contributed by atoms with Crippen LogP contribution in [0, 0.1) is 5.92 Å². The lowest BCUT2D eigenvalue weighted by molar-refractivity contribution is 0.0600. The van der Waals surface area contributed by atoms with Gasteiger partial charge >= 0.3 is 0 Å². The fourth-order valence-electron chi connectivity index (χ4n) is 3.41. The summed E-state index contributed by atoms with van der Waals surface area (Å²) in [6, 6.07) is 0.933. The topological polar surface area (TPSA) is 3.24 Å². The van der Waals surface area contributed by atoms with Crippen LogP contribution in [-0.2, 0) is 0 Å². The number of rotatable bonds is 4. The second-order valence-electron chi connectivity index (χ2n) is 5.19. The second kappa shape index (κ2) is 6.10. The third kappa shape index (κ3) is 3.10. The fraction of sp³-hybridized carbons (Fsp3) is 1.00. The summed E-state index contributed by atoms with van der Waals surface area (Å²) < 4.78 is 0. The van der Waals surface area contributed by atoms with E-state index in [-0.39, 0.29) is 0 Å². The lowest BCUT2D eigenvalue weighted by Gasteiger charge is -2.44. The van der Waals surface area contributed by atoms with Crippen LogP contribution >= 0.6 is 11.6 Å². The molecule has 2 heteroatoms. The third-order valence-electron chi connectivity index (χ3n) is 4.19. The van der Waals surface area contributed by atoms with Crippen molar-refractivity contribution in [3.63, 3.8) is 0 Å². The minimum Gasteiger partial charge on any atom is -0.300 e. The van der Waals surface area contributed by atoms with E-state index < -0.39 is 0 Å². The first-order chi connectivity index (χ1) is 7.42. The van der Waals surface area contributed by atoms with Gasteiger partial charge in [-0.2, -0.15) is 0 Å². The van der Waals surface area contributed by atoms with E-state index in [9.17, 15) is 0 Å². The van der Waals surface area contributed by atoms with Gasteiger partial charge in [0.15, 0.2) is 0 Å². The highest BCUT2D eigenvalue weighted by molar-refractivity contribution is 6.17. The number of fused-ring (bicyclic) bond motifs is 1. The average Bonchev–Trinajstić information content (AvgIpc) is 2.30. The monoisotopic (exact) mass is 229 g/mol. The predicted molar refractivity (Wildman–Crippen MR) is 66.5 cm³/mol. The Kier molecular flexibility index (Phi) is 4.77. The Balaban J connectivity index is 1.81. The Hall–Kier alpha value is 0.250. The van der Waals surface area contributed by atoms with Gasteiger partial charge in [0.2, 0.25) is 0 Å². The Morgan fingerprint density at radius 2 is 1.80 bits per heavy atom. The van der Waals surface area contributed by atoms with Gasteiger partial charge in [0.1, 0.15) is 0 Å². The molecule has 88 valence electrons. The highest BCUT2D eigenvalue weighted by Crippen LogP contribution is 2.35. The molecular formula is C13H24ClN. The van der Waals surface area contributed by atoms with Crippen LogP contribution in [-0.4, -0.2) is 29.9 Å². The average molecular weight is 230 g/mol. The molecule has 0 N–H and O–H groups in total. The molecular weight excluding hydrogens is 206 g/mol. The van der Waals surface area contributed by atoms with Gasteiger partial charge in [-0.25, -0.2) is 0 Å². The van der Waals surface area contributed by atoms with Crippen molar-refractivity contribution in [2.75, 3.05) is 19.0 Å². The van der Waals surface area contributed by atoms with Crippen LogP contribution in [0.5, 0.6) is 0 Å². The number of hydrogen-bond donors (Lipinski definition) is 0. The maximum atomic E-state index is 5.74. The maximum absolute atomic E-state index is 5.74. The van der Waals surface area contributed by atoms with Gasteiger partial charge < -0.3 is 4.90 Å². The Morgan fingerprint density at radius 3 is 2.67 bits per heavy atom. The smallest absolute Gasteiger partial charge is 0.0223 e. The minimum atomic E-state index is 0.835. The van der Waals surface area contributed by atoms with E-state index in [1.165, 1.54) is 64.5 Å². The molecule has 0 amide bonds. The molecule has 2 aliphatic rings. The molecule has 1 saturated carbocycles. The number of hydrogen-bond acceptors (Lipinski definition) is 1. The van der Waals surface area contributed by atoms with Crippen molar-refractivity contribution < 1.29 is 0 Å². The van der Waals surface area contributed by atoms with E-state index in [0.29, 0.717) is 0 Å². The van der Waals surface area contributed by atoms with E-state index in [1.54, 1.807) is 0 Å². The number of alkyl halides is 1. The summed E-state index contributed by atoms with van der Waals surface area (Å²) in [5.41, 5.74) is 0. The fourth-order valence-corrected chi connectivity index (χ4v) is 3.60. The first-order valence-electron chi connectivity index (χ1n) is 6.72. The van der Waals surface area contributed by atoms with E-state index in [0.717, 1.165) is 17.8 Å². The van der Waals surface area contributed by atoms with Crippen molar-refractivity contribution in [1.82, 2.24) is 4.90 Å². The Bertz CT molecular complexity index is 181. The van der Waals surface area contributed by atoms with Crippen LogP contribution < -0.4 is 0 Å². The van der Waals surface area contributed by atoms with Crippen molar-refractivity contribution in [2.24, 2.45) is 5.92 Å². The Labute approximate surface area is 99.2 Å². The van der Waals surface area contributed by atoms with Gasteiger partial charge in [0.05, 0.1) is 0 Å². The zero-order valence-electron chi connectivity index (χ0n) is 9.76. The molecule has 15 heavy (non-hydrogen) atoms. The molecule has 0 aromatic rings.